The van der Waals surface area contributed by atoms with Crippen LogP contribution in [0.3, 0.4) is 0 Å². The number of cyclic esters (lactones) is 1. The molecule has 0 radical (unpaired) electrons. The van der Waals surface area contributed by atoms with Gasteiger partial charge in [0.1, 0.15) is 24.1 Å². The Bertz CT molecular complexity index is 1370. The van der Waals surface area contributed by atoms with Crippen molar-refractivity contribution in [3.05, 3.63) is 47.1 Å². The van der Waals surface area contributed by atoms with Crippen molar-refractivity contribution in [2.75, 3.05) is 7.11 Å². The minimum Gasteiger partial charge on any atom is -0.489 e. The van der Waals surface area contributed by atoms with Crippen LogP contribution in [-0.4, -0.2) is 60.5 Å². The number of esters is 4. The molecule has 1 aromatic heterocycles. The third-order valence-corrected chi connectivity index (χ3v) is 10.2. The van der Waals surface area contributed by atoms with Gasteiger partial charge >= 0.3 is 23.9 Å². The summed E-state index contributed by atoms with van der Waals surface area (Å²) >= 11 is 0. The quantitative estimate of drug-likeness (QED) is 0.399. The van der Waals surface area contributed by atoms with Crippen molar-refractivity contribution in [1.82, 2.24) is 0 Å². The smallest absolute Gasteiger partial charge is 0.331 e. The first-order valence-electron chi connectivity index (χ1n) is 14.0. The fourth-order valence-electron chi connectivity index (χ4n) is 8.30. The van der Waals surface area contributed by atoms with Crippen molar-refractivity contribution in [1.29, 1.82) is 0 Å². The molecule has 2 fully saturated rings. The minimum atomic E-state index is -1.19. The van der Waals surface area contributed by atoms with Crippen molar-refractivity contribution in [3.63, 3.8) is 0 Å². The van der Waals surface area contributed by atoms with E-state index < -0.39 is 82.5 Å². The van der Waals surface area contributed by atoms with E-state index in [9.17, 15) is 24.3 Å². The van der Waals surface area contributed by atoms with Crippen molar-refractivity contribution in [2.45, 2.75) is 85.4 Å². The monoisotopic (exact) mass is 586 g/mol. The van der Waals surface area contributed by atoms with Crippen LogP contribution in [0.4, 0.5) is 0 Å². The maximum Gasteiger partial charge on any atom is 0.331 e. The Hall–Kier alpha value is -3.60. The Kier molecular flexibility index (Phi) is 7.11. The predicted molar refractivity (Wildman–Crippen MR) is 144 cm³/mol. The van der Waals surface area contributed by atoms with Crippen LogP contribution in [0.5, 0.6) is 0 Å². The molecule has 1 saturated carbocycles. The molecular formula is C31H38O11. The Morgan fingerprint density at radius 2 is 1.71 bits per heavy atom. The highest BCUT2D eigenvalue weighted by Gasteiger charge is 2.74. The highest BCUT2D eigenvalue weighted by Crippen LogP contribution is 2.69. The fourth-order valence-corrected chi connectivity index (χ4v) is 8.30. The SMILES string of the molecule is COC(=O)C[C@H]1C(C)(C)[C@H](OC(C)=O)[C@H](OC(C)=O)[C@@H]2OC3=C(C)C4=CC(=O)O[C@@H](c5ccoc5)[C@]4(C)[C@@H](O)[C@@H]3[C@@]21C. The first-order chi connectivity index (χ1) is 19.6. The highest BCUT2D eigenvalue weighted by molar-refractivity contribution is 5.86. The van der Waals surface area contributed by atoms with E-state index in [0.29, 0.717) is 22.5 Å². The zero-order chi connectivity index (χ0) is 30.9. The molecule has 0 bridgehead atoms. The Morgan fingerprint density at radius 1 is 1.05 bits per heavy atom. The molecule has 9 atom stereocenters. The number of hydrogen-bond donors (Lipinski definition) is 1. The maximum atomic E-state index is 12.9. The number of aliphatic hydroxyl groups excluding tert-OH is 1. The lowest BCUT2D eigenvalue weighted by Gasteiger charge is -2.59. The zero-order valence-electron chi connectivity index (χ0n) is 25.1. The van der Waals surface area contributed by atoms with Gasteiger partial charge in [0.2, 0.25) is 0 Å². The number of hydrogen-bond acceptors (Lipinski definition) is 11. The topological polar surface area (TPSA) is 148 Å². The van der Waals surface area contributed by atoms with E-state index >= 15 is 0 Å². The molecule has 5 rings (SSSR count). The number of fused-ring (bicyclic) bond motifs is 4. The standard InChI is InChI=1S/C31H38O11/c1-14-18-11-21(35)41-26(17-9-10-38-13-17)30(18,6)25(36)22-23(14)42-28-24(39-15(2)32)27(40-16(3)33)29(4,5)19(31(22,28)7)12-20(34)37-8/h9-11,13,19,22,24-28,36H,12H2,1-8H3/t19-,22+,24-,25-,26-,27+,28-,30-,31-/m0/s1. The lowest BCUT2D eigenvalue weighted by atomic mass is 9.46. The van der Waals surface area contributed by atoms with E-state index in [2.05, 4.69) is 0 Å². The molecule has 11 nitrogen and oxygen atoms in total. The number of methoxy groups -OCH3 is 1. The van der Waals surface area contributed by atoms with E-state index in [1.165, 1.54) is 39.6 Å². The summed E-state index contributed by atoms with van der Waals surface area (Å²) in [5.74, 6) is -3.15. The molecule has 0 amide bonds. The third kappa shape index (κ3) is 4.11. The normalized spacial score (nSPS) is 38.2. The Balaban J connectivity index is 1.76. The van der Waals surface area contributed by atoms with Crippen LogP contribution in [0.1, 0.15) is 66.6 Å². The average molecular weight is 587 g/mol. The summed E-state index contributed by atoms with van der Waals surface area (Å²) in [6.45, 7) is 11.8. The molecule has 2 aliphatic carbocycles. The van der Waals surface area contributed by atoms with Crippen molar-refractivity contribution in [2.24, 2.45) is 28.1 Å². The zero-order valence-corrected chi connectivity index (χ0v) is 25.1. The largest absolute Gasteiger partial charge is 0.489 e. The molecule has 0 spiro atoms. The van der Waals surface area contributed by atoms with Crippen molar-refractivity contribution in [3.8, 4) is 0 Å². The molecule has 1 aromatic rings. The highest BCUT2D eigenvalue weighted by atomic mass is 16.6. The molecule has 3 heterocycles. The van der Waals surface area contributed by atoms with Crippen LogP contribution in [0.25, 0.3) is 0 Å². The second kappa shape index (κ2) is 10.00. The number of carbonyl (C=O) groups excluding carboxylic acids is 4. The molecule has 228 valence electrons. The summed E-state index contributed by atoms with van der Waals surface area (Å²) < 4.78 is 34.5. The minimum absolute atomic E-state index is 0.0838. The van der Waals surface area contributed by atoms with Gasteiger partial charge in [-0.3, -0.25) is 14.4 Å². The maximum absolute atomic E-state index is 12.9. The molecule has 4 aliphatic rings. The van der Waals surface area contributed by atoms with Crippen LogP contribution in [0, 0.1) is 28.1 Å². The molecule has 42 heavy (non-hydrogen) atoms. The van der Waals surface area contributed by atoms with Gasteiger partial charge in [-0.2, -0.15) is 0 Å². The van der Waals surface area contributed by atoms with Gasteiger partial charge in [-0.15, -0.1) is 0 Å². The number of aliphatic hydroxyl groups is 1. The fraction of sp³-hybridized carbons (Fsp3) is 0.613. The van der Waals surface area contributed by atoms with E-state index in [-0.39, 0.29) is 6.42 Å². The summed E-state index contributed by atoms with van der Waals surface area (Å²) in [6, 6.07) is 1.69. The molecule has 0 aromatic carbocycles. The average Bonchev–Trinajstić information content (AvgIpc) is 3.54. The molecule has 11 heteroatoms. The number of rotatable bonds is 5. The van der Waals surface area contributed by atoms with Crippen LogP contribution >= 0.6 is 0 Å². The van der Waals surface area contributed by atoms with Crippen LogP contribution in [0.2, 0.25) is 0 Å². The summed E-state index contributed by atoms with van der Waals surface area (Å²) in [5, 5.41) is 12.5. The Morgan fingerprint density at radius 3 is 2.29 bits per heavy atom. The van der Waals surface area contributed by atoms with E-state index in [1.807, 2.05) is 34.6 Å². The predicted octanol–water partition coefficient (Wildman–Crippen LogP) is 3.56. The second-order valence-corrected chi connectivity index (χ2v) is 12.8. The van der Waals surface area contributed by atoms with Crippen LogP contribution in [-0.2, 0) is 42.9 Å². The molecule has 1 N–H and O–H groups in total. The lowest BCUT2D eigenvalue weighted by molar-refractivity contribution is -0.240. The van der Waals surface area contributed by atoms with Gasteiger partial charge in [-0.25, -0.2) is 4.79 Å². The van der Waals surface area contributed by atoms with Gasteiger partial charge in [0.15, 0.2) is 6.10 Å². The van der Waals surface area contributed by atoms with Crippen molar-refractivity contribution >= 4 is 23.9 Å². The van der Waals surface area contributed by atoms with Crippen LogP contribution < -0.4 is 0 Å². The lowest BCUT2D eigenvalue weighted by Crippen LogP contribution is -2.68. The van der Waals surface area contributed by atoms with E-state index in [4.69, 9.17) is 28.1 Å². The third-order valence-electron chi connectivity index (χ3n) is 10.2. The molecule has 1 saturated heterocycles. The van der Waals surface area contributed by atoms with Gasteiger partial charge in [0, 0.05) is 42.7 Å². The summed E-state index contributed by atoms with van der Waals surface area (Å²) in [6.07, 6.45) is -0.809. The first-order valence-corrected chi connectivity index (χ1v) is 14.0. The van der Waals surface area contributed by atoms with Crippen molar-refractivity contribution < 1.29 is 52.4 Å². The van der Waals surface area contributed by atoms with Gasteiger partial charge in [0.05, 0.1) is 37.1 Å². The molecule has 0 unspecified atom stereocenters. The van der Waals surface area contributed by atoms with Gasteiger partial charge in [-0.05, 0) is 37.0 Å². The summed E-state index contributed by atoms with van der Waals surface area (Å²) in [7, 11) is 1.29. The van der Waals surface area contributed by atoms with Gasteiger partial charge < -0.3 is 33.2 Å². The molecular weight excluding hydrogens is 548 g/mol. The number of ether oxygens (including phenoxy) is 5. The number of furan rings is 1. The Labute approximate surface area is 244 Å². The summed E-state index contributed by atoms with van der Waals surface area (Å²) in [5.41, 5.74) is -1.39. The van der Waals surface area contributed by atoms with E-state index in [0.717, 1.165) is 0 Å². The molecule has 2 aliphatic heterocycles. The van der Waals surface area contributed by atoms with Gasteiger partial charge in [0.25, 0.3) is 0 Å². The van der Waals surface area contributed by atoms with E-state index in [1.54, 1.807) is 6.07 Å². The summed E-state index contributed by atoms with van der Waals surface area (Å²) in [4.78, 5) is 50.5. The van der Waals surface area contributed by atoms with Gasteiger partial charge in [-0.1, -0.05) is 20.8 Å². The number of allylic oxidation sites excluding steroid dienone is 1. The second-order valence-electron chi connectivity index (χ2n) is 12.8. The first kappa shape index (κ1) is 29.9. The van der Waals surface area contributed by atoms with Crippen LogP contribution in [0.15, 0.2) is 46.0 Å². The number of carbonyl (C=O) groups is 4.